The van der Waals surface area contributed by atoms with Crippen LogP contribution in [0.15, 0.2) is 24.3 Å². The molecule has 2 rings (SSSR count). The van der Waals surface area contributed by atoms with Crippen molar-refractivity contribution in [3.05, 3.63) is 29.8 Å². The number of benzene rings is 1. The lowest BCUT2D eigenvalue weighted by Crippen LogP contribution is -2.45. The van der Waals surface area contributed by atoms with Crippen LogP contribution in [0.5, 0.6) is 5.75 Å². The molecule has 0 saturated carbocycles. The second-order valence-electron chi connectivity index (χ2n) is 4.92. The average Bonchev–Trinajstić information content (AvgIpc) is 2.47. The van der Waals surface area contributed by atoms with Crippen LogP contribution in [0.4, 0.5) is 0 Å². The van der Waals surface area contributed by atoms with Gasteiger partial charge in [-0.25, -0.2) is 0 Å². The Hall–Kier alpha value is -1.61. The fourth-order valence-electron chi connectivity index (χ4n) is 2.17. The number of hydrogen-bond donors (Lipinski definition) is 1. The standard InChI is InChI=1S/C15H21N3O2/c1-18-7-9-19-14(12-18)11-17-6-8-20-15-5-3-2-4-13(15)10-16/h2-5,14,17H,6-9,11-12H2,1H3. The van der Waals surface area contributed by atoms with E-state index in [2.05, 4.69) is 23.3 Å². The number of nitrogens with zero attached hydrogens (tertiary/aromatic N) is 2. The highest BCUT2D eigenvalue weighted by atomic mass is 16.5. The van der Waals surface area contributed by atoms with Crippen LogP contribution in [-0.2, 0) is 4.74 Å². The summed E-state index contributed by atoms with van der Waals surface area (Å²) in [5.41, 5.74) is 0.574. The number of likely N-dealkylation sites (N-methyl/N-ethyl adjacent to an activating group) is 1. The minimum Gasteiger partial charge on any atom is -0.491 e. The molecule has 1 fully saturated rings. The highest BCUT2D eigenvalue weighted by Gasteiger charge is 2.16. The Labute approximate surface area is 120 Å². The molecular weight excluding hydrogens is 254 g/mol. The summed E-state index contributed by atoms with van der Waals surface area (Å²) in [6.07, 6.45) is 0.250. The summed E-state index contributed by atoms with van der Waals surface area (Å²) >= 11 is 0. The molecule has 1 aliphatic rings. The second-order valence-corrected chi connectivity index (χ2v) is 4.92. The normalized spacial score (nSPS) is 19.5. The smallest absolute Gasteiger partial charge is 0.137 e. The quantitative estimate of drug-likeness (QED) is 0.780. The van der Waals surface area contributed by atoms with Gasteiger partial charge in [0.2, 0.25) is 0 Å². The molecule has 0 aromatic heterocycles. The Morgan fingerprint density at radius 1 is 1.50 bits per heavy atom. The number of ether oxygens (including phenoxy) is 2. The number of para-hydroxylation sites is 1. The molecule has 0 bridgehead atoms. The fraction of sp³-hybridized carbons (Fsp3) is 0.533. The van der Waals surface area contributed by atoms with Crippen molar-refractivity contribution in [1.82, 2.24) is 10.2 Å². The van der Waals surface area contributed by atoms with E-state index in [-0.39, 0.29) is 6.10 Å². The van der Waals surface area contributed by atoms with Crippen molar-refractivity contribution >= 4 is 0 Å². The van der Waals surface area contributed by atoms with E-state index < -0.39 is 0 Å². The Kier molecular flexibility index (Phi) is 5.81. The molecule has 1 saturated heterocycles. The van der Waals surface area contributed by atoms with Crippen LogP contribution in [0.3, 0.4) is 0 Å². The molecule has 1 N–H and O–H groups in total. The first-order valence-electron chi connectivity index (χ1n) is 6.92. The van der Waals surface area contributed by atoms with Crippen molar-refractivity contribution in [2.24, 2.45) is 0 Å². The zero-order chi connectivity index (χ0) is 14.2. The lowest BCUT2D eigenvalue weighted by molar-refractivity contribution is -0.0182. The Balaban J connectivity index is 1.63. The SMILES string of the molecule is CN1CCOC(CNCCOc2ccccc2C#N)C1. The molecule has 1 heterocycles. The van der Waals surface area contributed by atoms with Crippen molar-refractivity contribution in [1.29, 1.82) is 5.26 Å². The number of nitrogens with one attached hydrogen (secondary N) is 1. The van der Waals surface area contributed by atoms with Crippen molar-refractivity contribution in [2.45, 2.75) is 6.10 Å². The first-order chi connectivity index (χ1) is 9.79. The van der Waals surface area contributed by atoms with Gasteiger partial charge in [-0.15, -0.1) is 0 Å². The van der Waals surface area contributed by atoms with Gasteiger partial charge in [0.05, 0.1) is 18.3 Å². The van der Waals surface area contributed by atoms with Crippen LogP contribution < -0.4 is 10.1 Å². The van der Waals surface area contributed by atoms with Gasteiger partial charge in [-0.2, -0.15) is 5.26 Å². The van der Waals surface area contributed by atoms with Gasteiger partial charge in [-0.3, -0.25) is 0 Å². The third-order valence-corrected chi connectivity index (χ3v) is 3.26. The maximum atomic E-state index is 8.95. The van der Waals surface area contributed by atoms with Gasteiger partial charge in [-0.1, -0.05) is 12.1 Å². The highest BCUT2D eigenvalue weighted by molar-refractivity contribution is 5.42. The van der Waals surface area contributed by atoms with Gasteiger partial charge in [0.25, 0.3) is 0 Å². The van der Waals surface area contributed by atoms with Gasteiger partial charge >= 0.3 is 0 Å². The van der Waals surface area contributed by atoms with Crippen LogP contribution >= 0.6 is 0 Å². The molecule has 0 amide bonds. The maximum absolute atomic E-state index is 8.95. The summed E-state index contributed by atoms with van der Waals surface area (Å²) < 4.78 is 11.3. The van der Waals surface area contributed by atoms with E-state index in [0.717, 1.165) is 32.8 Å². The Morgan fingerprint density at radius 2 is 2.35 bits per heavy atom. The number of nitriles is 1. The van der Waals surface area contributed by atoms with E-state index in [4.69, 9.17) is 14.7 Å². The third-order valence-electron chi connectivity index (χ3n) is 3.26. The molecule has 1 aromatic rings. The molecule has 0 radical (unpaired) electrons. The van der Waals surface area contributed by atoms with Gasteiger partial charge < -0.3 is 19.7 Å². The van der Waals surface area contributed by atoms with Gasteiger partial charge in [0, 0.05) is 26.2 Å². The van der Waals surface area contributed by atoms with Crippen molar-refractivity contribution in [3.63, 3.8) is 0 Å². The van der Waals surface area contributed by atoms with Crippen LogP contribution in [-0.4, -0.2) is 57.4 Å². The minimum absolute atomic E-state index is 0.250. The second kappa shape index (κ2) is 7.85. The molecule has 1 aromatic carbocycles. The number of morpholine rings is 1. The predicted octanol–water partition coefficient (Wildman–Crippen LogP) is 0.857. The molecular formula is C15H21N3O2. The first kappa shape index (κ1) is 14.8. The zero-order valence-electron chi connectivity index (χ0n) is 11.8. The van der Waals surface area contributed by atoms with Crippen LogP contribution in [0, 0.1) is 11.3 Å². The van der Waals surface area contributed by atoms with E-state index in [9.17, 15) is 0 Å². The minimum atomic E-state index is 0.250. The van der Waals surface area contributed by atoms with Crippen molar-refractivity contribution < 1.29 is 9.47 Å². The largest absolute Gasteiger partial charge is 0.491 e. The predicted molar refractivity (Wildman–Crippen MR) is 76.8 cm³/mol. The van der Waals surface area contributed by atoms with Crippen molar-refractivity contribution in [2.75, 3.05) is 46.4 Å². The average molecular weight is 275 g/mol. The van der Waals surface area contributed by atoms with E-state index in [1.54, 1.807) is 6.07 Å². The lowest BCUT2D eigenvalue weighted by atomic mass is 10.2. The molecule has 0 aliphatic carbocycles. The summed E-state index contributed by atoms with van der Waals surface area (Å²) in [5.74, 6) is 0.644. The molecule has 0 spiro atoms. The van der Waals surface area contributed by atoms with Gasteiger partial charge in [-0.05, 0) is 19.2 Å². The van der Waals surface area contributed by atoms with Crippen LogP contribution in [0.2, 0.25) is 0 Å². The van der Waals surface area contributed by atoms with E-state index in [1.807, 2.05) is 18.2 Å². The van der Waals surface area contributed by atoms with Crippen LogP contribution in [0.1, 0.15) is 5.56 Å². The van der Waals surface area contributed by atoms with E-state index in [1.165, 1.54) is 0 Å². The molecule has 5 heteroatoms. The first-order valence-corrected chi connectivity index (χ1v) is 6.92. The molecule has 1 atom stereocenters. The van der Waals surface area contributed by atoms with Crippen molar-refractivity contribution in [3.8, 4) is 11.8 Å². The Bertz CT molecular complexity index is 459. The summed E-state index contributed by atoms with van der Waals surface area (Å²) in [5, 5.41) is 12.3. The Morgan fingerprint density at radius 3 is 3.15 bits per heavy atom. The molecule has 108 valence electrons. The lowest BCUT2D eigenvalue weighted by Gasteiger charge is -2.30. The van der Waals surface area contributed by atoms with Crippen LogP contribution in [0.25, 0.3) is 0 Å². The summed E-state index contributed by atoms with van der Waals surface area (Å²) in [7, 11) is 2.11. The highest BCUT2D eigenvalue weighted by Crippen LogP contribution is 2.15. The molecule has 5 nitrogen and oxygen atoms in total. The van der Waals surface area contributed by atoms with E-state index in [0.29, 0.717) is 17.9 Å². The third kappa shape index (κ3) is 4.49. The molecule has 1 aliphatic heterocycles. The van der Waals surface area contributed by atoms with Gasteiger partial charge in [0.1, 0.15) is 18.4 Å². The number of hydrogen-bond acceptors (Lipinski definition) is 5. The maximum Gasteiger partial charge on any atom is 0.137 e. The fourth-order valence-corrected chi connectivity index (χ4v) is 2.17. The topological polar surface area (TPSA) is 57.5 Å². The van der Waals surface area contributed by atoms with Gasteiger partial charge in [0.15, 0.2) is 0 Å². The van der Waals surface area contributed by atoms with E-state index >= 15 is 0 Å². The summed E-state index contributed by atoms with van der Waals surface area (Å²) in [6.45, 7) is 4.88. The molecule has 1 unspecified atom stereocenters. The monoisotopic (exact) mass is 275 g/mol. The number of rotatable bonds is 6. The molecule has 20 heavy (non-hydrogen) atoms. The zero-order valence-corrected chi connectivity index (χ0v) is 11.8. The summed E-state index contributed by atoms with van der Waals surface area (Å²) in [4.78, 5) is 2.27. The summed E-state index contributed by atoms with van der Waals surface area (Å²) in [6, 6.07) is 9.40.